The van der Waals surface area contributed by atoms with Crippen molar-refractivity contribution in [2.24, 2.45) is 5.92 Å². The third kappa shape index (κ3) is 6.09. The molecular weight excluding hydrogens is 367 g/mol. The Hall–Kier alpha value is -2.34. The molecule has 0 unspecified atom stereocenters. The average Bonchev–Trinajstić information content (AvgIpc) is 2.68. The number of carbonyl (C=O) groups excluding carboxylic acids is 1. The molecule has 0 radical (unpaired) electrons. The molecule has 3 nitrogen and oxygen atoms in total. The van der Waals surface area contributed by atoms with Gasteiger partial charge in [0, 0.05) is 18.7 Å². The third-order valence-electron chi connectivity index (χ3n) is 5.00. The van der Waals surface area contributed by atoms with Gasteiger partial charge in [-0.05, 0) is 48.4 Å². The first kappa shape index (κ1) is 20.4. The van der Waals surface area contributed by atoms with Gasteiger partial charge in [0.05, 0.1) is 6.61 Å². The van der Waals surface area contributed by atoms with Crippen LogP contribution in [0.4, 0.5) is 13.2 Å². The van der Waals surface area contributed by atoms with E-state index in [1.54, 1.807) is 24.3 Å². The highest BCUT2D eigenvalue weighted by atomic mass is 19.4. The van der Waals surface area contributed by atoms with Gasteiger partial charge in [-0.1, -0.05) is 42.5 Å². The summed E-state index contributed by atoms with van der Waals surface area (Å²) in [4.78, 5) is 14.5. The summed E-state index contributed by atoms with van der Waals surface area (Å²) in [7, 11) is 0. The zero-order valence-corrected chi connectivity index (χ0v) is 15.6. The van der Waals surface area contributed by atoms with Crippen molar-refractivity contribution in [3.8, 4) is 0 Å². The summed E-state index contributed by atoms with van der Waals surface area (Å²) in [6.45, 7) is 0.0595. The van der Waals surface area contributed by atoms with Crippen LogP contribution in [0.15, 0.2) is 54.6 Å². The molecule has 3 rings (SSSR count). The molecule has 1 heterocycles. The van der Waals surface area contributed by atoms with Crippen molar-refractivity contribution in [1.29, 1.82) is 0 Å². The van der Waals surface area contributed by atoms with E-state index in [1.165, 1.54) is 5.56 Å². The monoisotopic (exact) mass is 391 g/mol. The number of alkyl halides is 3. The summed E-state index contributed by atoms with van der Waals surface area (Å²) in [5, 5.41) is 0. The molecule has 2 aromatic carbocycles. The molecule has 1 saturated heterocycles. The number of hydrogen-bond acceptors (Lipinski definition) is 2. The molecule has 1 amide bonds. The quantitative estimate of drug-likeness (QED) is 0.704. The molecule has 0 spiro atoms. The van der Waals surface area contributed by atoms with Crippen LogP contribution in [-0.2, 0) is 17.8 Å². The van der Waals surface area contributed by atoms with Gasteiger partial charge in [-0.2, -0.15) is 13.2 Å². The van der Waals surface area contributed by atoms with E-state index in [9.17, 15) is 18.0 Å². The van der Waals surface area contributed by atoms with Crippen LogP contribution in [0.25, 0.3) is 0 Å². The number of ether oxygens (including phenoxy) is 1. The number of benzene rings is 2. The number of amides is 1. The summed E-state index contributed by atoms with van der Waals surface area (Å²) in [6.07, 6.45) is -1.34. The standard InChI is InChI=1S/C22H24F3NO2/c23-22(24,25)16-28-15-19-6-8-20(9-7-19)21(27)26-12-10-18(11-13-26)14-17-4-2-1-3-5-17/h1-9,18H,10-16H2. The fourth-order valence-corrected chi connectivity index (χ4v) is 3.50. The lowest BCUT2D eigenvalue weighted by Crippen LogP contribution is -2.38. The van der Waals surface area contributed by atoms with Crippen molar-refractivity contribution in [2.45, 2.75) is 32.0 Å². The van der Waals surface area contributed by atoms with Gasteiger partial charge >= 0.3 is 6.18 Å². The van der Waals surface area contributed by atoms with Gasteiger partial charge in [0.1, 0.15) is 6.61 Å². The van der Waals surface area contributed by atoms with Crippen LogP contribution in [0, 0.1) is 5.92 Å². The van der Waals surface area contributed by atoms with Crippen molar-refractivity contribution in [3.05, 3.63) is 71.3 Å². The maximum Gasteiger partial charge on any atom is 0.411 e. The Bertz CT molecular complexity index is 752. The van der Waals surface area contributed by atoms with Crippen LogP contribution in [-0.4, -0.2) is 36.7 Å². The van der Waals surface area contributed by atoms with E-state index in [-0.39, 0.29) is 12.5 Å². The number of hydrogen-bond donors (Lipinski definition) is 0. The molecule has 0 aromatic heterocycles. The highest BCUT2D eigenvalue weighted by Crippen LogP contribution is 2.23. The van der Waals surface area contributed by atoms with Gasteiger partial charge < -0.3 is 9.64 Å². The molecule has 6 heteroatoms. The van der Waals surface area contributed by atoms with Gasteiger partial charge in [-0.25, -0.2) is 0 Å². The number of rotatable bonds is 6. The van der Waals surface area contributed by atoms with Crippen molar-refractivity contribution in [2.75, 3.05) is 19.7 Å². The molecule has 2 aromatic rings. The molecule has 28 heavy (non-hydrogen) atoms. The second kappa shape index (κ2) is 9.24. The van der Waals surface area contributed by atoms with Crippen molar-refractivity contribution < 1.29 is 22.7 Å². The normalized spacial score (nSPS) is 15.6. The van der Waals surface area contributed by atoms with Crippen LogP contribution >= 0.6 is 0 Å². The lowest BCUT2D eigenvalue weighted by molar-refractivity contribution is -0.176. The van der Waals surface area contributed by atoms with Gasteiger partial charge in [-0.3, -0.25) is 4.79 Å². The van der Waals surface area contributed by atoms with Gasteiger partial charge in [0.15, 0.2) is 0 Å². The number of carbonyl (C=O) groups is 1. The lowest BCUT2D eigenvalue weighted by atomic mass is 9.90. The first-order chi connectivity index (χ1) is 13.4. The minimum absolute atomic E-state index is 0.0269. The SMILES string of the molecule is O=C(c1ccc(COCC(F)(F)F)cc1)N1CCC(Cc2ccccc2)CC1. The minimum Gasteiger partial charge on any atom is -0.367 e. The Labute approximate surface area is 163 Å². The maximum atomic E-state index is 12.7. The van der Waals surface area contributed by atoms with E-state index >= 15 is 0 Å². The fraction of sp³-hybridized carbons (Fsp3) is 0.409. The van der Waals surface area contributed by atoms with Crippen LogP contribution in [0.2, 0.25) is 0 Å². The van der Waals surface area contributed by atoms with Crippen molar-refractivity contribution in [1.82, 2.24) is 4.90 Å². The topological polar surface area (TPSA) is 29.5 Å². The first-order valence-electron chi connectivity index (χ1n) is 9.47. The Kier molecular flexibility index (Phi) is 6.73. The molecule has 0 aliphatic carbocycles. The van der Waals surface area contributed by atoms with Crippen LogP contribution in [0.3, 0.4) is 0 Å². The molecular formula is C22H24F3NO2. The summed E-state index contributed by atoms with van der Waals surface area (Å²) in [5.74, 6) is 0.556. The third-order valence-corrected chi connectivity index (χ3v) is 5.00. The zero-order valence-electron chi connectivity index (χ0n) is 15.6. The average molecular weight is 391 g/mol. The highest BCUT2D eigenvalue weighted by molar-refractivity contribution is 5.94. The van der Waals surface area contributed by atoms with Crippen LogP contribution in [0.1, 0.15) is 34.3 Å². The molecule has 1 aliphatic heterocycles. The minimum atomic E-state index is -4.33. The van der Waals surface area contributed by atoms with Crippen molar-refractivity contribution >= 4 is 5.91 Å². The predicted octanol–water partition coefficient (Wildman–Crippen LogP) is 4.86. The van der Waals surface area contributed by atoms with E-state index in [0.717, 1.165) is 32.4 Å². The largest absolute Gasteiger partial charge is 0.411 e. The number of piperidine rings is 1. The summed E-state index contributed by atoms with van der Waals surface area (Å²) in [5.41, 5.74) is 2.50. The second-order valence-corrected chi connectivity index (χ2v) is 7.23. The van der Waals surface area contributed by atoms with E-state index in [0.29, 0.717) is 17.0 Å². The van der Waals surface area contributed by atoms with E-state index in [4.69, 9.17) is 0 Å². The molecule has 0 bridgehead atoms. The summed E-state index contributed by atoms with van der Waals surface area (Å²) >= 11 is 0. The second-order valence-electron chi connectivity index (χ2n) is 7.23. The first-order valence-corrected chi connectivity index (χ1v) is 9.47. The van der Waals surface area contributed by atoms with Gasteiger partial charge in [-0.15, -0.1) is 0 Å². The Morgan fingerprint density at radius 3 is 2.21 bits per heavy atom. The number of nitrogens with zero attached hydrogens (tertiary/aromatic N) is 1. The van der Waals surface area contributed by atoms with Gasteiger partial charge in [0.2, 0.25) is 0 Å². The zero-order chi connectivity index (χ0) is 20.0. The van der Waals surface area contributed by atoms with E-state index in [2.05, 4.69) is 16.9 Å². The molecule has 0 atom stereocenters. The number of likely N-dealkylation sites (tertiary alicyclic amines) is 1. The van der Waals surface area contributed by atoms with Crippen LogP contribution in [0.5, 0.6) is 0 Å². The number of halogens is 3. The summed E-state index contributed by atoms with van der Waals surface area (Å²) < 4.78 is 41.0. The van der Waals surface area contributed by atoms with Crippen LogP contribution < -0.4 is 0 Å². The molecule has 150 valence electrons. The van der Waals surface area contributed by atoms with Crippen molar-refractivity contribution in [3.63, 3.8) is 0 Å². The molecule has 1 fully saturated rings. The summed E-state index contributed by atoms with van der Waals surface area (Å²) in [6, 6.07) is 17.0. The fourth-order valence-electron chi connectivity index (χ4n) is 3.50. The molecule has 0 N–H and O–H groups in total. The highest BCUT2D eigenvalue weighted by Gasteiger charge is 2.27. The Morgan fingerprint density at radius 1 is 0.964 bits per heavy atom. The van der Waals surface area contributed by atoms with Gasteiger partial charge in [0.25, 0.3) is 5.91 Å². The van der Waals surface area contributed by atoms with E-state index in [1.807, 2.05) is 23.1 Å². The Balaban J connectivity index is 1.47. The van der Waals surface area contributed by atoms with E-state index < -0.39 is 12.8 Å². The maximum absolute atomic E-state index is 12.7. The molecule has 0 saturated carbocycles. The predicted molar refractivity (Wildman–Crippen MR) is 101 cm³/mol. The molecule has 1 aliphatic rings. The lowest BCUT2D eigenvalue weighted by Gasteiger charge is -2.32. The smallest absolute Gasteiger partial charge is 0.367 e. The Morgan fingerprint density at radius 2 is 1.61 bits per heavy atom.